The zero-order valence-corrected chi connectivity index (χ0v) is 22.1. The van der Waals surface area contributed by atoms with Crippen molar-refractivity contribution in [2.75, 3.05) is 24.3 Å². The number of carboxylic acid groups (broad SMARTS) is 1. The van der Waals surface area contributed by atoms with Crippen molar-refractivity contribution in [1.29, 1.82) is 0 Å². The zero-order chi connectivity index (χ0) is 27.6. The lowest BCUT2D eigenvalue weighted by atomic mass is 10.0. The maximum atomic E-state index is 12.9. The van der Waals surface area contributed by atoms with E-state index >= 15 is 0 Å². The third kappa shape index (κ3) is 5.93. The van der Waals surface area contributed by atoms with Crippen LogP contribution in [-0.2, 0) is 42.3 Å². The van der Waals surface area contributed by atoms with Gasteiger partial charge in [-0.3, -0.25) is 19.0 Å². The number of oxime groups is 1. The molecular formula is C20H21N7O8S3. The Kier molecular flexibility index (Phi) is 7.95. The quantitative estimate of drug-likeness (QED) is 0.0854. The summed E-state index contributed by atoms with van der Waals surface area (Å²) >= 11 is 2.12. The van der Waals surface area contributed by atoms with E-state index in [-0.39, 0.29) is 41.1 Å². The summed E-state index contributed by atoms with van der Waals surface area (Å²) < 4.78 is 36.4. The van der Waals surface area contributed by atoms with Gasteiger partial charge in [-0.25, -0.2) is 4.57 Å². The van der Waals surface area contributed by atoms with Gasteiger partial charge in [0.05, 0.1) is 17.4 Å². The van der Waals surface area contributed by atoms with Crippen LogP contribution >= 0.6 is 23.3 Å². The Morgan fingerprint density at radius 1 is 1.39 bits per heavy atom. The van der Waals surface area contributed by atoms with Crippen LogP contribution in [0.5, 0.6) is 0 Å². The van der Waals surface area contributed by atoms with Crippen LogP contribution in [0.3, 0.4) is 0 Å². The maximum absolute atomic E-state index is 12.9. The van der Waals surface area contributed by atoms with Crippen LogP contribution in [0.25, 0.3) is 0 Å². The first-order valence-corrected chi connectivity index (χ1v) is 14.2. The first-order valence-electron chi connectivity index (χ1n) is 10.8. The molecule has 2 aromatic rings. The predicted molar refractivity (Wildman–Crippen MR) is 132 cm³/mol. The van der Waals surface area contributed by atoms with Crippen molar-refractivity contribution in [2.45, 2.75) is 24.4 Å². The molecular weight excluding hydrogens is 562 g/mol. The molecule has 0 aromatic carbocycles. The molecule has 2 aromatic heterocycles. The van der Waals surface area contributed by atoms with Crippen molar-refractivity contribution in [3.63, 3.8) is 0 Å². The molecule has 4 rings (SSSR count). The molecule has 4 heterocycles. The second-order valence-corrected chi connectivity index (χ2v) is 11.6. The second kappa shape index (κ2) is 11.0. The average molecular weight is 584 g/mol. The number of aryl methyl sites for hydroxylation is 1. The second-order valence-electron chi connectivity index (χ2n) is 8.09. The lowest BCUT2D eigenvalue weighted by Crippen LogP contribution is -2.71. The maximum Gasteiger partial charge on any atom is 0.278 e. The van der Waals surface area contributed by atoms with Gasteiger partial charge in [0.2, 0.25) is 11.5 Å². The number of nitrogens with one attached hydrogen (secondary N) is 1. The fourth-order valence-corrected chi connectivity index (χ4v) is 6.10. The lowest BCUT2D eigenvalue weighted by Gasteiger charge is -2.50. The number of β-lactam (4-membered cyclic amide) rings is 1. The Labute approximate surface area is 224 Å². The smallest absolute Gasteiger partial charge is 0.278 e. The van der Waals surface area contributed by atoms with Gasteiger partial charge in [0.15, 0.2) is 24.1 Å². The van der Waals surface area contributed by atoms with E-state index in [0.29, 0.717) is 11.1 Å². The number of carbonyl (C=O) groups is 3. The fourth-order valence-electron chi connectivity index (χ4n) is 3.84. The molecule has 18 heteroatoms. The van der Waals surface area contributed by atoms with Gasteiger partial charge in [-0.2, -0.15) is 17.8 Å². The molecule has 2 aliphatic rings. The first-order chi connectivity index (χ1) is 18.0. The topological polar surface area (TPSA) is 221 Å². The summed E-state index contributed by atoms with van der Waals surface area (Å²) in [4.78, 5) is 47.4. The minimum atomic E-state index is -4.09. The number of amides is 2. The number of carbonyl (C=O) groups excluding carboxylic acids is 3. The highest BCUT2D eigenvalue weighted by Crippen LogP contribution is 2.40. The van der Waals surface area contributed by atoms with Gasteiger partial charge in [-0.15, -0.1) is 11.8 Å². The van der Waals surface area contributed by atoms with E-state index in [9.17, 15) is 27.9 Å². The SMILES string of the molecule is CO/N=C(\C(=O)N[C@@H]1C(=O)N2C(C(=O)[O-])=C(C[n+]3ccc(CCS(=O)(=O)O)cc3)CS[C@@H]12)c1nsc(N)n1. The molecule has 2 aliphatic heterocycles. The number of pyridine rings is 1. The van der Waals surface area contributed by atoms with Gasteiger partial charge in [-0.1, -0.05) is 5.16 Å². The number of nitrogens with two attached hydrogens (primary N) is 1. The standard InChI is InChI=1S/C20H21N7O8S3/c1-35-24-12(15-23-20(21)37-25-15)16(28)22-13-17(29)27-14(19(30)31)11(9-36-18(13)27)8-26-5-2-10(3-6-26)4-7-38(32,33)34/h2-3,5-6,13,18H,4,7-9H2,1H3,(H4-,21,22,23,25,28,30,31,32,33,34)/b24-12-/t13-,18+/m1/s1. The van der Waals surface area contributed by atoms with Crippen LogP contribution < -0.4 is 20.7 Å². The number of aromatic nitrogens is 3. The van der Waals surface area contributed by atoms with E-state index in [1.165, 1.54) is 18.9 Å². The molecule has 0 bridgehead atoms. The van der Waals surface area contributed by atoms with Crippen molar-refractivity contribution < 1.29 is 41.9 Å². The molecule has 2 atom stereocenters. The number of hydrogen-bond acceptors (Lipinski definition) is 13. The van der Waals surface area contributed by atoms with Crippen molar-refractivity contribution >= 4 is 62.0 Å². The van der Waals surface area contributed by atoms with E-state index in [0.717, 1.165) is 16.4 Å². The number of nitrogens with zero attached hydrogens (tertiary/aromatic N) is 5. The third-order valence-corrected chi connectivity index (χ3v) is 8.16. The molecule has 0 spiro atoms. The van der Waals surface area contributed by atoms with Gasteiger partial charge in [-0.05, 0) is 12.0 Å². The molecule has 38 heavy (non-hydrogen) atoms. The summed E-state index contributed by atoms with van der Waals surface area (Å²) in [5.41, 5.74) is 6.08. The van der Waals surface area contributed by atoms with E-state index < -0.39 is 45.1 Å². The number of anilines is 1. The molecule has 2 amide bonds. The molecule has 4 N–H and O–H groups in total. The summed E-state index contributed by atoms with van der Waals surface area (Å²) in [5.74, 6) is -3.22. The zero-order valence-electron chi connectivity index (χ0n) is 19.6. The summed E-state index contributed by atoms with van der Waals surface area (Å²) in [6.45, 7) is 0.129. The van der Waals surface area contributed by atoms with Crippen LogP contribution in [0.15, 0.2) is 41.0 Å². The van der Waals surface area contributed by atoms with Crippen LogP contribution in [0.4, 0.5) is 5.13 Å². The van der Waals surface area contributed by atoms with Crippen molar-refractivity contribution in [3.8, 4) is 0 Å². The Hall–Kier alpha value is -3.61. The van der Waals surface area contributed by atoms with E-state index in [1.807, 2.05) is 0 Å². The molecule has 1 fully saturated rings. The number of thioether (sulfide) groups is 1. The minimum Gasteiger partial charge on any atom is -0.543 e. The third-order valence-electron chi connectivity index (χ3n) is 5.56. The normalized spacial score (nSPS) is 19.6. The lowest BCUT2D eigenvalue weighted by molar-refractivity contribution is -0.689. The first kappa shape index (κ1) is 27.4. The number of fused-ring (bicyclic) bond motifs is 1. The number of nitrogen functional groups attached to an aromatic ring is 1. The number of rotatable bonds is 10. The average Bonchev–Trinajstić information content (AvgIpc) is 3.30. The van der Waals surface area contributed by atoms with E-state index in [1.54, 1.807) is 29.1 Å². The van der Waals surface area contributed by atoms with Crippen molar-refractivity contribution in [2.24, 2.45) is 5.16 Å². The predicted octanol–water partition coefficient (Wildman–Crippen LogP) is -2.71. The Morgan fingerprint density at radius 3 is 2.68 bits per heavy atom. The highest BCUT2D eigenvalue weighted by Gasteiger charge is 2.53. The molecule has 15 nitrogen and oxygen atoms in total. The highest BCUT2D eigenvalue weighted by molar-refractivity contribution is 8.00. The largest absolute Gasteiger partial charge is 0.543 e. The molecule has 1 saturated heterocycles. The van der Waals surface area contributed by atoms with Crippen LogP contribution in [0, 0.1) is 0 Å². The van der Waals surface area contributed by atoms with Gasteiger partial charge in [0, 0.05) is 35.0 Å². The Bertz CT molecular complexity index is 1440. The van der Waals surface area contributed by atoms with Crippen molar-refractivity contribution in [3.05, 3.63) is 47.2 Å². The van der Waals surface area contributed by atoms with Gasteiger partial charge >= 0.3 is 0 Å². The van der Waals surface area contributed by atoms with Gasteiger partial charge in [0.1, 0.15) is 18.5 Å². The summed E-state index contributed by atoms with van der Waals surface area (Å²) in [7, 11) is -2.87. The number of carboxylic acids is 1. The van der Waals surface area contributed by atoms with Crippen LogP contribution in [-0.4, -0.2) is 80.8 Å². The van der Waals surface area contributed by atoms with E-state index in [4.69, 9.17) is 10.3 Å². The fraction of sp³-hybridized carbons (Fsp3) is 0.350. The molecule has 0 unspecified atom stereocenters. The van der Waals surface area contributed by atoms with Gasteiger partial charge < -0.3 is 25.8 Å². The molecule has 0 radical (unpaired) electrons. The molecule has 0 saturated carbocycles. The van der Waals surface area contributed by atoms with Crippen LogP contribution in [0.1, 0.15) is 11.4 Å². The van der Waals surface area contributed by atoms with E-state index in [2.05, 4.69) is 24.7 Å². The van der Waals surface area contributed by atoms with Crippen molar-refractivity contribution in [1.82, 2.24) is 19.6 Å². The summed E-state index contributed by atoms with van der Waals surface area (Å²) in [5, 5.41) is 17.6. The number of aliphatic carboxylic acids is 1. The minimum absolute atomic E-state index is 0.0783. The number of hydrogen-bond donors (Lipinski definition) is 3. The Balaban J connectivity index is 1.47. The monoisotopic (exact) mass is 583 g/mol. The summed E-state index contributed by atoms with van der Waals surface area (Å²) in [6, 6.07) is 2.26. The highest BCUT2D eigenvalue weighted by atomic mass is 32.2. The van der Waals surface area contributed by atoms with Gasteiger partial charge in [0.25, 0.3) is 21.9 Å². The Morgan fingerprint density at radius 2 is 2.11 bits per heavy atom. The van der Waals surface area contributed by atoms with Crippen LogP contribution in [0.2, 0.25) is 0 Å². The molecule has 0 aliphatic carbocycles. The molecule has 202 valence electrons. The summed E-state index contributed by atoms with van der Waals surface area (Å²) in [6.07, 6.45) is 3.38.